The second-order valence-corrected chi connectivity index (χ2v) is 6.42. The summed E-state index contributed by atoms with van der Waals surface area (Å²) in [5.41, 5.74) is 1.36. The summed E-state index contributed by atoms with van der Waals surface area (Å²) in [6, 6.07) is 0. The third-order valence-corrected chi connectivity index (χ3v) is 3.50. The van der Waals surface area contributed by atoms with Crippen molar-refractivity contribution in [1.29, 1.82) is 0 Å². The van der Waals surface area contributed by atoms with Gasteiger partial charge < -0.3 is 9.47 Å². The Morgan fingerprint density at radius 3 is 2.57 bits per heavy atom. The monoisotopic (exact) mass is 324 g/mol. The first kappa shape index (κ1) is 21.9. The summed E-state index contributed by atoms with van der Waals surface area (Å²) in [6.07, 6.45) is 12.5. The zero-order valence-corrected chi connectivity index (χ0v) is 15.8. The first-order chi connectivity index (χ1) is 11.0. The molecule has 1 fully saturated rings. The second kappa shape index (κ2) is 14.5. The standard InChI is InChI=1S/C10H18O2.C10H18O/c1-3-5-6-7-9-12-10(11)8-4-2;1-8(2)6-10-7-9(3)4-5-11-10/h5-6H,3-4,7-9H2,1-2H3;6,9-10H,4-5,7H2,1-3H3. The number of carbonyl (C=O) groups is 1. The maximum Gasteiger partial charge on any atom is 0.305 e. The van der Waals surface area contributed by atoms with Crippen LogP contribution in [0, 0.1) is 5.92 Å². The number of rotatable bonds is 7. The summed E-state index contributed by atoms with van der Waals surface area (Å²) in [4.78, 5) is 10.8. The van der Waals surface area contributed by atoms with Crippen LogP contribution in [-0.2, 0) is 14.3 Å². The van der Waals surface area contributed by atoms with Crippen molar-refractivity contribution in [2.45, 2.75) is 79.2 Å². The van der Waals surface area contributed by atoms with Crippen molar-refractivity contribution in [2.24, 2.45) is 5.92 Å². The van der Waals surface area contributed by atoms with E-state index in [1.807, 2.05) is 13.0 Å². The zero-order chi connectivity index (χ0) is 17.5. The molecule has 1 aliphatic rings. The largest absolute Gasteiger partial charge is 0.465 e. The summed E-state index contributed by atoms with van der Waals surface area (Å²) in [5.74, 6) is 0.756. The van der Waals surface area contributed by atoms with Crippen molar-refractivity contribution in [3.8, 4) is 0 Å². The predicted molar refractivity (Wildman–Crippen MR) is 97.5 cm³/mol. The molecule has 2 atom stereocenters. The molecule has 1 aliphatic heterocycles. The molecule has 0 aromatic rings. The highest BCUT2D eigenvalue weighted by Gasteiger charge is 2.16. The first-order valence-corrected chi connectivity index (χ1v) is 9.06. The summed E-state index contributed by atoms with van der Waals surface area (Å²) in [7, 11) is 0. The molecule has 134 valence electrons. The van der Waals surface area contributed by atoms with Gasteiger partial charge in [-0.25, -0.2) is 0 Å². The van der Waals surface area contributed by atoms with Crippen LogP contribution in [0.3, 0.4) is 0 Å². The maximum absolute atomic E-state index is 10.8. The average Bonchev–Trinajstić information content (AvgIpc) is 2.47. The van der Waals surface area contributed by atoms with Crippen molar-refractivity contribution in [1.82, 2.24) is 0 Å². The van der Waals surface area contributed by atoms with Gasteiger partial charge in [0.15, 0.2) is 0 Å². The molecule has 0 spiro atoms. The molecule has 2 unspecified atom stereocenters. The Labute approximate surface area is 143 Å². The number of hydrogen-bond acceptors (Lipinski definition) is 3. The molecule has 0 aromatic heterocycles. The van der Waals surface area contributed by atoms with Crippen LogP contribution >= 0.6 is 0 Å². The van der Waals surface area contributed by atoms with Crippen molar-refractivity contribution in [2.75, 3.05) is 13.2 Å². The molecule has 1 rings (SSSR count). The van der Waals surface area contributed by atoms with Crippen molar-refractivity contribution in [3.05, 3.63) is 23.8 Å². The van der Waals surface area contributed by atoms with Gasteiger partial charge in [-0.1, -0.05) is 44.6 Å². The molecule has 0 amide bonds. The van der Waals surface area contributed by atoms with Crippen LogP contribution in [0.2, 0.25) is 0 Å². The molecule has 0 bridgehead atoms. The predicted octanol–water partition coefficient (Wildman–Crippen LogP) is 5.45. The van der Waals surface area contributed by atoms with Gasteiger partial charge in [-0.05, 0) is 51.9 Å². The Balaban J connectivity index is 0.000000422. The molecule has 23 heavy (non-hydrogen) atoms. The first-order valence-electron chi connectivity index (χ1n) is 9.06. The summed E-state index contributed by atoms with van der Waals surface area (Å²) in [5, 5.41) is 0. The van der Waals surface area contributed by atoms with E-state index in [1.165, 1.54) is 18.4 Å². The van der Waals surface area contributed by atoms with E-state index in [2.05, 4.69) is 39.8 Å². The zero-order valence-electron chi connectivity index (χ0n) is 15.8. The van der Waals surface area contributed by atoms with E-state index in [9.17, 15) is 4.79 Å². The molecule has 1 saturated heterocycles. The van der Waals surface area contributed by atoms with Crippen LogP contribution < -0.4 is 0 Å². The van der Waals surface area contributed by atoms with Gasteiger partial charge in [0.2, 0.25) is 0 Å². The molecular weight excluding hydrogens is 288 g/mol. The number of carbonyl (C=O) groups excluding carboxylic acids is 1. The third-order valence-electron chi connectivity index (χ3n) is 3.50. The summed E-state index contributed by atoms with van der Waals surface area (Å²) >= 11 is 0. The molecule has 0 radical (unpaired) electrons. The molecule has 0 N–H and O–H groups in total. The Morgan fingerprint density at radius 1 is 1.26 bits per heavy atom. The van der Waals surface area contributed by atoms with E-state index in [-0.39, 0.29) is 5.97 Å². The summed E-state index contributed by atoms with van der Waals surface area (Å²) < 4.78 is 10.5. The lowest BCUT2D eigenvalue weighted by atomic mass is 9.97. The molecule has 3 heteroatoms. The Hall–Kier alpha value is -1.09. The minimum Gasteiger partial charge on any atom is -0.465 e. The highest BCUT2D eigenvalue weighted by atomic mass is 16.5. The number of allylic oxidation sites excluding steroid dienone is 2. The number of hydrogen-bond donors (Lipinski definition) is 0. The number of esters is 1. The fourth-order valence-electron chi connectivity index (χ4n) is 2.29. The van der Waals surface area contributed by atoms with Crippen LogP contribution in [0.15, 0.2) is 23.8 Å². The van der Waals surface area contributed by atoms with E-state index >= 15 is 0 Å². The van der Waals surface area contributed by atoms with Crippen molar-refractivity contribution >= 4 is 5.97 Å². The summed E-state index contributed by atoms with van der Waals surface area (Å²) in [6.45, 7) is 12.1. The quantitative estimate of drug-likeness (QED) is 0.355. The lowest BCUT2D eigenvalue weighted by Crippen LogP contribution is -2.22. The van der Waals surface area contributed by atoms with Crippen LogP contribution in [0.1, 0.15) is 73.1 Å². The third kappa shape index (κ3) is 14.2. The van der Waals surface area contributed by atoms with Gasteiger partial charge in [0.1, 0.15) is 0 Å². The smallest absolute Gasteiger partial charge is 0.305 e. The fraction of sp³-hybridized carbons (Fsp3) is 0.750. The highest BCUT2D eigenvalue weighted by molar-refractivity contribution is 5.69. The lowest BCUT2D eigenvalue weighted by molar-refractivity contribution is -0.143. The van der Waals surface area contributed by atoms with Crippen LogP contribution in [0.5, 0.6) is 0 Å². The molecular formula is C20H36O3. The van der Waals surface area contributed by atoms with Gasteiger partial charge >= 0.3 is 5.97 Å². The molecule has 0 aromatic carbocycles. The Kier molecular flexibility index (Phi) is 13.8. The van der Waals surface area contributed by atoms with Gasteiger partial charge in [-0.15, -0.1) is 0 Å². The Bertz CT molecular complexity index is 354. The topological polar surface area (TPSA) is 35.5 Å². The van der Waals surface area contributed by atoms with E-state index in [1.54, 1.807) is 0 Å². The van der Waals surface area contributed by atoms with Crippen LogP contribution in [0.4, 0.5) is 0 Å². The Morgan fingerprint density at radius 2 is 2.00 bits per heavy atom. The van der Waals surface area contributed by atoms with Crippen molar-refractivity contribution < 1.29 is 14.3 Å². The SMILES string of the molecule is CC(C)=CC1CC(C)CCO1.CCC=CCCOC(=O)CCC. The molecule has 0 aliphatic carbocycles. The molecule has 0 saturated carbocycles. The minimum atomic E-state index is -0.0811. The average molecular weight is 325 g/mol. The van der Waals surface area contributed by atoms with Gasteiger partial charge in [-0.2, -0.15) is 0 Å². The minimum absolute atomic E-state index is 0.0811. The number of ether oxygens (including phenoxy) is 2. The lowest BCUT2D eigenvalue weighted by Gasteiger charge is -2.25. The van der Waals surface area contributed by atoms with E-state index in [0.717, 1.165) is 31.8 Å². The fourth-order valence-corrected chi connectivity index (χ4v) is 2.29. The van der Waals surface area contributed by atoms with Crippen LogP contribution in [-0.4, -0.2) is 25.3 Å². The molecule has 1 heterocycles. The second-order valence-electron chi connectivity index (χ2n) is 6.42. The van der Waals surface area contributed by atoms with Crippen molar-refractivity contribution in [3.63, 3.8) is 0 Å². The van der Waals surface area contributed by atoms with Gasteiger partial charge in [-0.3, -0.25) is 4.79 Å². The van der Waals surface area contributed by atoms with Gasteiger partial charge in [0, 0.05) is 13.0 Å². The van der Waals surface area contributed by atoms with E-state index in [0.29, 0.717) is 19.1 Å². The van der Waals surface area contributed by atoms with Crippen LogP contribution in [0.25, 0.3) is 0 Å². The van der Waals surface area contributed by atoms with Gasteiger partial charge in [0.25, 0.3) is 0 Å². The normalized spacial score (nSPS) is 20.6. The van der Waals surface area contributed by atoms with Gasteiger partial charge in [0.05, 0.1) is 12.7 Å². The maximum atomic E-state index is 10.8. The van der Waals surface area contributed by atoms with E-state index < -0.39 is 0 Å². The van der Waals surface area contributed by atoms with E-state index in [4.69, 9.17) is 9.47 Å². The highest BCUT2D eigenvalue weighted by Crippen LogP contribution is 2.20. The molecule has 3 nitrogen and oxygen atoms in total.